The Bertz CT molecular complexity index is 542. The molecule has 1 heterocycles. The zero-order valence-corrected chi connectivity index (χ0v) is 14.1. The third kappa shape index (κ3) is 5.03. The zero-order chi connectivity index (χ0) is 15.1. The molecule has 1 atom stereocenters. The third-order valence-electron chi connectivity index (χ3n) is 3.34. The second kappa shape index (κ2) is 8.42. The van der Waals surface area contributed by atoms with Gasteiger partial charge in [-0.1, -0.05) is 30.7 Å². The molecule has 0 saturated carbocycles. The van der Waals surface area contributed by atoms with Crippen molar-refractivity contribution in [3.8, 4) is 5.75 Å². The van der Waals surface area contributed by atoms with Crippen molar-refractivity contribution in [2.45, 2.75) is 32.7 Å². The molecule has 0 spiro atoms. The smallest absolute Gasteiger partial charge is 0.120 e. The van der Waals surface area contributed by atoms with Crippen LogP contribution in [0, 0.1) is 0 Å². The molecule has 0 aliphatic heterocycles. The van der Waals surface area contributed by atoms with Crippen LogP contribution in [0.25, 0.3) is 0 Å². The molecular formula is C17H22ClNOS. The zero-order valence-electron chi connectivity index (χ0n) is 12.6. The van der Waals surface area contributed by atoms with E-state index in [0.717, 1.165) is 35.7 Å². The molecule has 0 fully saturated rings. The van der Waals surface area contributed by atoms with E-state index in [0.29, 0.717) is 6.61 Å². The van der Waals surface area contributed by atoms with Crippen LogP contribution in [0.15, 0.2) is 35.7 Å². The predicted octanol–water partition coefficient (Wildman–Crippen LogP) is 5.08. The molecule has 114 valence electrons. The van der Waals surface area contributed by atoms with Crippen LogP contribution in [0.4, 0.5) is 0 Å². The summed E-state index contributed by atoms with van der Waals surface area (Å²) in [5.74, 6) is 0.836. The summed E-state index contributed by atoms with van der Waals surface area (Å²) in [5, 5.41) is 6.30. The van der Waals surface area contributed by atoms with Crippen LogP contribution in [0.2, 0.25) is 5.02 Å². The van der Waals surface area contributed by atoms with E-state index in [1.54, 1.807) is 11.3 Å². The summed E-state index contributed by atoms with van der Waals surface area (Å²) in [7, 11) is 0. The topological polar surface area (TPSA) is 21.3 Å². The lowest BCUT2D eigenvalue weighted by atomic mass is 10.1. The highest BCUT2D eigenvalue weighted by Crippen LogP contribution is 2.27. The molecule has 0 bridgehead atoms. The summed E-state index contributed by atoms with van der Waals surface area (Å²) in [5.41, 5.74) is 1.12. The summed E-state index contributed by atoms with van der Waals surface area (Å²) < 4.78 is 5.78. The first-order valence-corrected chi connectivity index (χ1v) is 8.64. The van der Waals surface area contributed by atoms with Gasteiger partial charge in [0.15, 0.2) is 0 Å². The van der Waals surface area contributed by atoms with Crippen molar-refractivity contribution in [1.82, 2.24) is 5.32 Å². The number of rotatable bonds is 8. The van der Waals surface area contributed by atoms with Gasteiger partial charge in [0, 0.05) is 22.4 Å². The number of halogens is 1. The van der Waals surface area contributed by atoms with Crippen LogP contribution < -0.4 is 10.1 Å². The first-order chi connectivity index (χ1) is 10.2. The highest BCUT2D eigenvalue weighted by molar-refractivity contribution is 7.09. The Morgan fingerprint density at radius 3 is 2.86 bits per heavy atom. The maximum absolute atomic E-state index is 6.36. The predicted molar refractivity (Wildman–Crippen MR) is 91.7 cm³/mol. The molecule has 1 aromatic carbocycles. The number of nitrogens with one attached hydrogen (secondary N) is 1. The fourth-order valence-corrected chi connectivity index (χ4v) is 3.17. The van der Waals surface area contributed by atoms with Crippen molar-refractivity contribution >= 4 is 22.9 Å². The van der Waals surface area contributed by atoms with Crippen molar-refractivity contribution in [3.05, 3.63) is 51.2 Å². The van der Waals surface area contributed by atoms with Crippen molar-refractivity contribution in [2.24, 2.45) is 0 Å². The quantitative estimate of drug-likeness (QED) is 0.731. The first-order valence-electron chi connectivity index (χ1n) is 7.38. The number of thiophene rings is 1. The molecule has 1 N–H and O–H groups in total. The van der Waals surface area contributed by atoms with E-state index in [1.807, 2.05) is 12.1 Å². The monoisotopic (exact) mass is 323 g/mol. The maximum atomic E-state index is 6.36. The highest BCUT2D eigenvalue weighted by Gasteiger charge is 2.09. The Morgan fingerprint density at radius 2 is 2.19 bits per heavy atom. The van der Waals surface area contributed by atoms with E-state index in [-0.39, 0.29) is 6.04 Å². The van der Waals surface area contributed by atoms with Gasteiger partial charge in [-0.25, -0.2) is 0 Å². The van der Waals surface area contributed by atoms with Crippen LogP contribution in [0.1, 0.15) is 36.8 Å². The molecule has 2 aromatic rings. The minimum Gasteiger partial charge on any atom is -0.493 e. The van der Waals surface area contributed by atoms with Crippen molar-refractivity contribution in [3.63, 3.8) is 0 Å². The van der Waals surface area contributed by atoms with Crippen molar-refractivity contribution in [1.29, 1.82) is 0 Å². The van der Waals surface area contributed by atoms with E-state index in [1.165, 1.54) is 4.88 Å². The first kappa shape index (κ1) is 16.3. The van der Waals surface area contributed by atoms with Crippen LogP contribution >= 0.6 is 22.9 Å². The Hall–Kier alpha value is -1.03. The van der Waals surface area contributed by atoms with Gasteiger partial charge in [0.2, 0.25) is 0 Å². The van der Waals surface area contributed by atoms with E-state index >= 15 is 0 Å². The molecule has 1 unspecified atom stereocenters. The summed E-state index contributed by atoms with van der Waals surface area (Å²) in [6.45, 7) is 5.97. The van der Waals surface area contributed by atoms with Gasteiger partial charge in [0.05, 0.1) is 6.61 Å². The van der Waals surface area contributed by atoms with Crippen LogP contribution in [0.3, 0.4) is 0 Å². The second-order valence-corrected chi connectivity index (χ2v) is 6.48. The van der Waals surface area contributed by atoms with E-state index < -0.39 is 0 Å². The Morgan fingerprint density at radius 1 is 1.33 bits per heavy atom. The normalized spacial score (nSPS) is 12.3. The van der Waals surface area contributed by atoms with Gasteiger partial charge in [0.25, 0.3) is 0 Å². The number of hydrogen-bond donors (Lipinski definition) is 1. The standard InChI is InChI=1S/C17H22ClNOS/c1-3-9-19-13(2)16-7-6-14(12-17(16)18)20-10-8-15-5-4-11-21-15/h4-7,11-13,19H,3,8-10H2,1-2H3. The van der Waals surface area contributed by atoms with Gasteiger partial charge in [-0.3, -0.25) is 0 Å². The second-order valence-electron chi connectivity index (χ2n) is 5.04. The summed E-state index contributed by atoms with van der Waals surface area (Å²) in [6, 6.07) is 10.4. The summed E-state index contributed by atoms with van der Waals surface area (Å²) in [4.78, 5) is 1.34. The van der Waals surface area contributed by atoms with E-state index in [4.69, 9.17) is 16.3 Å². The van der Waals surface area contributed by atoms with Gasteiger partial charge in [-0.2, -0.15) is 0 Å². The molecule has 1 aromatic heterocycles. The number of ether oxygens (including phenoxy) is 1. The molecule has 0 aliphatic rings. The van der Waals surface area contributed by atoms with Gasteiger partial charge in [0.1, 0.15) is 5.75 Å². The van der Waals surface area contributed by atoms with E-state index in [2.05, 4.69) is 42.7 Å². The van der Waals surface area contributed by atoms with Crippen LogP contribution in [-0.2, 0) is 6.42 Å². The molecule has 0 amide bonds. The lowest BCUT2D eigenvalue weighted by Gasteiger charge is -2.16. The lowest BCUT2D eigenvalue weighted by Crippen LogP contribution is -2.19. The molecule has 2 nitrogen and oxygen atoms in total. The fraction of sp³-hybridized carbons (Fsp3) is 0.412. The molecule has 0 radical (unpaired) electrons. The fourth-order valence-electron chi connectivity index (χ4n) is 2.14. The Kier molecular flexibility index (Phi) is 6.55. The Balaban J connectivity index is 1.89. The minimum absolute atomic E-state index is 0.262. The summed E-state index contributed by atoms with van der Waals surface area (Å²) >= 11 is 8.12. The molecule has 21 heavy (non-hydrogen) atoms. The third-order valence-corrected chi connectivity index (χ3v) is 4.60. The van der Waals surface area contributed by atoms with Crippen molar-refractivity contribution in [2.75, 3.05) is 13.2 Å². The maximum Gasteiger partial charge on any atom is 0.120 e. The van der Waals surface area contributed by atoms with Gasteiger partial charge >= 0.3 is 0 Å². The van der Waals surface area contributed by atoms with E-state index in [9.17, 15) is 0 Å². The van der Waals surface area contributed by atoms with Crippen LogP contribution in [0.5, 0.6) is 5.75 Å². The summed E-state index contributed by atoms with van der Waals surface area (Å²) in [6.07, 6.45) is 2.05. The number of benzene rings is 1. The van der Waals surface area contributed by atoms with Crippen molar-refractivity contribution < 1.29 is 4.74 Å². The highest BCUT2D eigenvalue weighted by atomic mass is 35.5. The molecule has 0 saturated heterocycles. The lowest BCUT2D eigenvalue weighted by molar-refractivity contribution is 0.323. The average molecular weight is 324 g/mol. The largest absolute Gasteiger partial charge is 0.493 e. The van der Waals surface area contributed by atoms with Gasteiger partial charge < -0.3 is 10.1 Å². The van der Waals surface area contributed by atoms with Gasteiger partial charge in [-0.15, -0.1) is 11.3 Å². The number of hydrogen-bond acceptors (Lipinski definition) is 3. The molecular weight excluding hydrogens is 302 g/mol. The molecule has 2 rings (SSSR count). The van der Waals surface area contributed by atoms with Gasteiger partial charge in [-0.05, 0) is 49.0 Å². The minimum atomic E-state index is 0.262. The van der Waals surface area contributed by atoms with Crippen LogP contribution in [-0.4, -0.2) is 13.2 Å². The molecule has 4 heteroatoms. The SMILES string of the molecule is CCCNC(C)c1ccc(OCCc2cccs2)cc1Cl. The average Bonchev–Trinajstić information content (AvgIpc) is 2.98. The molecule has 0 aliphatic carbocycles. The Labute approximate surface area is 136 Å².